The summed E-state index contributed by atoms with van der Waals surface area (Å²) in [6, 6.07) is 11.4. The number of carbonyl (C=O) groups is 3. The highest BCUT2D eigenvalue weighted by molar-refractivity contribution is 6.32. The van der Waals surface area contributed by atoms with E-state index >= 15 is 0 Å². The zero-order valence-corrected chi connectivity index (χ0v) is 15.8. The van der Waals surface area contributed by atoms with Crippen molar-refractivity contribution >= 4 is 52.3 Å². The third-order valence-corrected chi connectivity index (χ3v) is 5.51. The van der Waals surface area contributed by atoms with Crippen molar-refractivity contribution in [1.29, 1.82) is 0 Å². The normalized spacial score (nSPS) is 21.1. The molecule has 6 nitrogen and oxygen atoms in total. The molecule has 2 aromatic carbocycles. The van der Waals surface area contributed by atoms with Crippen LogP contribution >= 0.6 is 23.2 Å². The molecule has 8 heteroatoms. The van der Waals surface area contributed by atoms with Crippen molar-refractivity contribution in [3.63, 3.8) is 0 Å². The van der Waals surface area contributed by atoms with Gasteiger partial charge in [0, 0.05) is 35.6 Å². The Morgan fingerprint density at radius 3 is 2.59 bits per heavy atom. The lowest BCUT2D eigenvalue weighted by molar-refractivity contribution is -0.128. The third-order valence-electron chi connectivity index (χ3n) is 5.04. The maximum Gasteiger partial charge on any atom is 0.271 e. The van der Waals surface area contributed by atoms with Crippen LogP contribution in [0.3, 0.4) is 0 Å². The van der Waals surface area contributed by atoms with E-state index in [4.69, 9.17) is 23.2 Å². The zero-order valence-electron chi connectivity index (χ0n) is 14.3. The fraction of sp³-hybridized carbons (Fsp3) is 0.211. The number of amides is 3. The summed E-state index contributed by atoms with van der Waals surface area (Å²) in [5, 5.41) is 3.64. The molecule has 0 bridgehead atoms. The minimum Gasteiger partial charge on any atom is -0.322 e. The van der Waals surface area contributed by atoms with Gasteiger partial charge in [-0.2, -0.15) is 0 Å². The molecule has 2 aromatic rings. The van der Waals surface area contributed by atoms with Gasteiger partial charge in [0.05, 0.1) is 11.3 Å². The van der Waals surface area contributed by atoms with Crippen molar-refractivity contribution in [3.05, 3.63) is 58.1 Å². The molecular formula is C19H15Cl2N3O3. The molecule has 3 amide bonds. The Bertz CT molecular complexity index is 994. The second-order valence-corrected chi connectivity index (χ2v) is 7.41. The van der Waals surface area contributed by atoms with E-state index in [1.165, 1.54) is 16.8 Å². The minimum atomic E-state index is -1.45. The second-order valence-electron chi connectivity index (χ2n) is 6.54. The highest BCUT2D eigenvalue weighted by Gasteiger charge is 2.59. The highest BCUT2D eigenvalue weighted by Crippen LogP contribution is 2.45. The number of nitrogens with zero attached hydrogens (tertiary/aromatic N) is 2. The number of hydrogen-bond donors (Lipinski definition) is 1. The van der Waals surface area contributed by atoms with Gasteiger partial charge in [0.1, 0.15) is 0 Å². The smallest absolute Gasteiger partial charge is 0.271 e. The Hall–Kier alpha value is -2.57. The fourth-order valence-electron chi connectivity index (χ4n) is 3.75. The summed E-state index contributed by atoms with van der Waals surface area (Å²) in [6.07, 6.45) is 0.332. The van der Waals surface area contributed by atoms with Crippen molar-refractivity contribution in [2.75, 3.05) is 17.3 Å². The van der Waals surface area contributed by atoms with Crippen molar-refractivity contribution in [1.82, 2.24) is 4.90 Å². The number of carbonyl (C=O) groups excluding carboxylic acids is 3. The van der Waals surface area contributed by atoms with Crippen LogP contribution in [0.1, 0.15) is 23.2 Å². The Morgan fingerprint density at radius 1 is 1.11 bits per heavy atom. The first-order chi connectivity index (χ1) is 12.8. The Morgan fingerprint density at radius 2 is 1.85 bits per heavy atom. The number of likely N-dealkylation sites (N-methyl/N-ethyl adjacent to an activating group) is 1. The molecule has 1 saturated heterocycles. The molecule has 0 saturated carbocycles. The average Bonchev–Trinajstić information content (AvgIpc) is 2.98. The fourth-order valence-corrected chi connectivity index (χ4v) is 4.10. The molecule has 4 rings (SSSR count). The number of anilines is 2. The van der Waals surface area contributed by atoms with Gasteiger partial charge in [-0.15, -0.1) is 0 Å². The first kappa shape index (κ1) is 17.8. The number of fused-ring (bicyclic) bond motifs is 3. The van der Waals surface area contributed by atoms with Gasteiger partial charge in [-0.1, -0.05) is 29.3 Å². The number of halogens is 2. The van der Waals surface area contributed by atoms with Crippen LogP contribution in [0.5, 0.6) is 0 Å². The molecule has 27 heavy (non-hydrogen) atoms. The molecule has 0 aliphatic carbocycles. The summed E-state index contributed by atoms with van der Waals surface area (Å²) in [7, 11) is 1.53. The first-order valence-electron chi connectivity index (χ1n) is 8.32. The van der Waals surface area contributed by atoms with E-state index < -0.39 is 11.6 Å². The van der Waals surface area contributed by atoms with Gasteiger partial charge in [0.2, 0.25) is 11.6 Å². The molecule has 0 spiro atoms. The van der Waals surface area contributed by atoms with Crippen LogP contribution in [0.2, 0.25) is 10.0 Å². The molecule has 0 aromatic heterocycles. The molecule has 1 fully saturated rings. The van der Waals surface area contributed by atoms with Crippen molar-refractivity contribution in [2.45, 2.75) is 18.5 Å². The Balaban J connectivity index is 1.83. The van der Waals surface area contributed by atoms with Crippen LogP contribution in [0.25, 0.3) is 0 Å². The molecule has 138 valence electrons. The van der Waals surface area contributed by atoms with Crippen molar-refractivity contribution in [3.8, 4) is 0 Å². The second kappa shape index (κ2) is 6.25. The molecule has 1 N–H and O–H groups in total. The monoisotopic (exact) mass is 403 g/mol. The maximum atomic E-state index is 13.3. The molecule has 2 heterocycles. The Kier molecular flexibility index (Phi) is 4.13. The predicted molar refractivity (Wildman–Crippen MR) is 103 cm³/mol. The van der Waals surface area contributed by atoms with E-state index in [1.807, 2.05) is 0 Å². The molecule has 1 atom stereocenters. The van der Waals surface area contributed by atoms with E-state index in [2.05, 4.69) is 5.32 Å². The Labute approximate surface area is 165 Å². The lowest BCUT2D eigenvalue weighted by Gasteiger charge is -2.47. The van der Waals surface area contributed by atoms with E-state index in [9.17, 15) is 14.4 Å². The van der Waals surface area contributed by atoms with Crippen LogP contribution < -0.4 is 10.2 Å². The van der Waals surface area contributed by atoms with Crippen LogP contribution in [0.15, 0.2) is 42.5 Å². The minimum absolute atomic E-state index is 0.145. The summed E-state index contributed by atoms with van der Waals surface area (Å²) in [5.74, 6) is -1.05. The van der Waals surface area contributed by atoms with Crippen LogP contribution in [0, 0.1) is 0 Å². The summed E-state index contributed by atoms with van der Waals surface area (Å²) in [5.41, 5.74) is -0.273. The van der Waals surface area contributed by atoms with Crippen molar-refractivity contribution < 1.29 is 14.4 Å². The molecule has 0 radical (unpaired) electrons. The predicted octanol–water partition coefficient (Wildman–Crippen LogP) is 3.54. The van der Waals surface area contributed by atoms with Crippen LogP contribution in [0.4, 0.5) is 11.4 Å². The van der Waals surface area contributed by atoms with Crippen LogP contribution in [-0.2, 0) is 9.59 Å². The third kappa shape index (κ3) is 2.59. The molecule has 2 aliphatic rings. The van der Waals surface area contributed by atoms with Gasteiger partial charge in [0.25, 0.3) is 11.8 Å². The number of rotatable bonds is 2. The van der Waals surface area contributed by atoms with E-state index in [-0.39, 0.29) is 24.7 Å². The van der Waals surface area contributed by atoms with E-state index in [0.717, 1.165) is 0 Å². The van der Waals surface area contributed by atoms with Crippen LogP contribution in [-0.4, -0.2) is 35.3 Å². The quantitative estimate of drug-likeness (QED) is 0.833. The topological polar surface area (TPSA) is 69.7 Å². The van der Waals surface area contributed by atoms with Gasteiger partial charge < -0.3 is 10.2 Å². The molecule has 1 unspecified atom stereocenters. The molecular weight excluding hydrogens is 389 g/mol. The first-order valence-corrected chi connectivity index (χ1v) is 9.08. The lowest BCUT2D eigenvalue weighted by Crippen LogP contribution is -2.68. The molecule has 2 aliphatic heterocycles. The largest absolute Gasteiger partial charge is 0.322 e. The maximum absolute atomic E-state index is 13.3. The summed E-state index contributed by atoms with van der Waals surface area (Å²) >= 11 is 12.1. The van der Waals surface area contributed by atoms with E-state index in [1.54, 1.807) is 42.5 Å². The number of hydrogen-bond acceptors (Lipinski definition) is 3. The number of benzene rings is 2. The van der Waals surface area contributed by atoms with Gasteiger partial charge in [0.15, 0.2) is 0 Å². The van der Waals surface area contributed by atoms with Gasteiger partial charge in [-0.05, 0) is 36.4 Å². The summed E-state index contributed by atoms with van der Waals surface area (Å²) in [6.45, 7) is 0. The SMILES string of the molecule is CN1C(=O)c2ccc(Cl)cc2N2C(=O)CCC12C(=O)Nc1cccc(Cl)c1. The average molecular weight is 404 g/mol. The van der Waals surface area contributed by atoms with Crippen molar-refractivity contribution in [2.24, 2.45) is 0 Å². The van der Waals surface area contributed by atoms with E-state index in [0.29, 0.717) is 27.0 Å². The lowest BCUT2D eigenvalue weighted by atomic mass is 9.96. The van der Waals surface area contributed by atoms with Gasteiger partial charge >= 0.3 is 0 Å². The highest BCUT2D eigenvalue weighted by atomic mass is 35.5. The van der Waals surface area contributed by atoms with Gasteiger partial charge in [-0.3, -0.25) is 19.3 Å². The summed E-state index contributed by atoms with van der Waals surface area (Å²) < 4.78 is 0. The van der Waals surface area contributed by atoms with Gasteiger partial charge in [-0.25, -0.2) is 0 Å². The standard InChI is InChI=1S/C19H15Cl2N3O3/c1-23-17(26)14-6-5-12(21)10-15(14)24-16(25)7-8-19(23,24)18(27)22-13-4-2-3-11(20)9-13/h2-6,9-10H,7-8H2,1H3,(H,22,27). The summed E-state index contributed by atoms with van der Waals surface area (Å²) in [4.78, 5) is 41.6. The number of nitrogens with one attached hydrogen (secondary N) is 1. The zero-order chi connectivity index (χ0) is 19.3.